The first-order valence-electron chi connectivity index (χ1n) is 8.33. The summed E-state index contributed by atoms with van der Waals surface area (Å²) in [6.07, 6.45) is 3.71. The Balaban J connectivity index is 0.00000225. The van der Waals surface area contributed by atoms with Gasteiger partial charge in [0.25, 0.3) is 5.91 Å². The molecule has 1 unspecified atom stereocenters. The highest BCUT2D eigenvalue weighted by atomic mass is 35.5. The second kappa shape index (κ2) is 7.13. The van der Waals surface area contributed by atoms with Crippen LogP contribution in [0.25, 0.3) is 0 Å². The Morgan fingerprint density at radius 1 is 1.32 bits per heavy atom. The van der Waals surface area contributed by atoms with E-state index in [1.165, 1.54) is 10.6 Å². The van der Waals surface area contributed by atoms with E-state index in [1.807, 2.05) is 11.0 Å². The zero-order valence-electron chi connectivity index (χ0n) is 14.7. The number of carbonyl (C=O) groups is 1. The SMILES string of the molecule is CC1(CN)CCN(C(=O)c2ccc3c(c2)CCCN3S(C)(=O)=O)C1.Cl. The van der Waals surface area contributed by atoms with Crippen LogP contribution in [0.5, 0.6) is 0 Å². The van der Waals surface area contributed by atoms with Crippen molar-refractivity contribution in [1.29, 1.82) is 0 Å². The lowest BCUT2D eigenvalue weighted by molar-refractivity contribution is 0.0777. The lowest BCUT2D eigenvalue weighted by atomic mass is 9.90. The maximum absolute atomic E-state index is 12.8. The molecule has 0 bridgehead atoms. The molecule has 2 aliphatic rings. The normalized spacial score (nSPS) is 23.2. The summed E-state index contributed by atoms with van der Waals surface area (Å²) in [7, 11) is -3.28. The summed E-state index contributed by atoms with van der Waals surface area (Å²) in [6, 6.07) is 5.36. The number of hydrogen-bond acceptors (Lipinski definition) is 4. The molecule has 25 heavy (non-hydrogen) atoms. The number of nitrogens with two attached hydrogens (primary N) is 1. The molecule has 140 valence electrons. The largest absolute Gasteiger partial charge is 0.338 e. The predicted octanol–water partition coefficient (Wildman–Crippen LogP) is 1.63. The van der Waals surface area contributed by atoms with Gasteiger partial charge in [0.15, 0.2) is 0 Å². The molecule has 0 spiro atoms. The van der Waals surface area contributed by atoms with Gasteiger partial charge in [0, 0.05) is 25.2 Å². The number of rotatable bonds is 3. The number of fused-ring (bicyclic) bond motifs is 1. The van der Waals surface area contributed by atoms with Gasteiger partial charge in [-0.05, 0) is 55.0 Å². The van der Waals surface area contributed by atoms with Crippen molar-refractivity contribution in [3.63, 3.8) is 0 Å². The maximum atomic E-state index is 12.8. The highest BCUT2D eigenvalue weighted by molar-refractivity contribution is 7.92. The van der Waals surface area contributed by atoms with Crippen LogP contribution in [0.3, 0.4) is 0 Å². The van der Waals surface area contributed by atoms with E-state index in [0.717, 1.165) is 31.4 Å². The minimum atomic E-state index is -3.28. The number of aryl methyl sites for hydroxylation is 1. The van der Waals surface area contributed by atoms with Crippen LogP contribution in [0.1, 0.15) is 35.7 Å². The fourth-order valence-electron chi connectivity index (χ4n) is 3.59. The molecule has 2 N–H and O–H groups in total. The summed E-state index contributed by atoms with van der Waals surface area (Å²) in [5, 5.41) is 0. The number of nitrogens with zero attached hydrogens (tertiary/aromatic N) is 2. The van der Waals surface area contributed by atoms with Crippen molar-refractivity contribution >= 4 is 34.0 Å². The number of anilines is 1. The lowest BCUT2D eigenvalue weighted by Crippen LogP contribution is -2.36. The van der Waals surface area contributed by atoms with Crippen molar-refractivity contribution < 1.29 is 13.2 Å². The van der Waals surface area contributed by atoms with Gasteiger partial charge < -0.3 is 10.6 Å². The Labute approximate surface area is 155 Å². The predicted molar refractivity (Wildman–Crippen MR) is 102 cm³/mol. The van der Waals surface area contributed by atoms with Gasteiger partial charge in [-0.15, -0.1) is 12.4 Å². The molecular weight excluding hydrogens is 362 g/mol. The number of amides is 1. The van der Waals surface area contributed by atoms with Gasteiger partial charge in [0.05, 0.1) is 11.9 Å². The molecule has 2 heterocycles. The number of carbonyl (C=O) groups excluding carboxylic acids is 1. The Hall–Kier alpha value is -1.31. The van der Waals surface area contributed by atoms with E-state index in [1.54, 1.807) is 12.1 Å². The third-order valence-electron chi connectivity index (χ3n) is 5.14. The maximum Gasteiger partial charge on any atom is 0.253 e. The van der Waals surface area contributed by atoms with E-state index in [0.29, 0.717) is 30.9 Å². The van der Waals surface area contributed by atoms with Gasteiger partial charge in [-0.2, -0.15) is 0 Å². The smallest absolute Gasteiger partial charge is 0.253 e. The molecule has 1 atom stereocenters. The van der Waals surface area contributed by atoms with E-state index < -0.39 is 10.0 Å². The van der Waals surface area contributed by atoms with Gasteiger partial charge in [-0.25, -0.2) is 8.42 Å². The summed E-state index contributed by atoms with van der Waals surface area (Å²) in [5.74, 6) is 0.00598. The van der Waals surface area contributed by atoms with Gasteiger partial charge in [0.1, 0.15) is 0 Å². The van der Waals surface area contributed by atoms with Crippen LogP contribution < -0.4 is 10.0 Å². The second-order valence-electron chi connectivity index (χ2n) is 7.27. The molecule has 2 aliphatic heterocycles. The Morgan fingerprint density at radius 2 is 2.04 bits per heavy atom. The van der Waals surface area contributed by atoms with Gasteiger partial charge in [-0.1, -0.05) is 6.92 Å². The summed E-state index contributed by atoms with van der Waals surface area (Å²) >= 11 is 0. The topological polar surface area (TPSA) is 83.7 Å². The first-order valence-corrected chi connectivity index (χ1v) is 10.2. The number of likely N-dealkylation sites (tertiary alicyclic amines) is 1. The van der Waals surface area contributed by atoms with Crippen LogP contribution in [0.4, 0.5) is 5.69 Å². The first kappa shape index (κ1) is 20.0. The molecule has 1 aromatic rings. The highest BCUT2D eigenvalue weighted by Crippen LogP contribution is 2.32. The standard InChI is InChI=1S/C17H25N3O3S.ClH/c1-17(11-18)7-9-19(12-17)16(21)14-5-6-15-13(10-14)4-3-8-20(15)24(2,22)23;/h5-6,10H,3-4,7-9,11-12,18H2,1-2H3;1H. The summed E-state index contributed by atoms with van der Waals surface area (Å²) in [6.45, 7) is 4.58. The summed E-state index contributed by atoms with van der Waals surface area (Å²) in [4.78, 5) is 14.6. The molecule has 1 saturated heterocycles. The molecule has 1 fully saturated rings. The fourth-order valence-corrected chi connectivity index (χ4v) is 4.58. The van der Waals surface area contributed by atoms with Crippen molar-refractivity contribution in [1.82, 2.24) is 4.90 Å². The van der Waals surface area contributed by atoms with E-state index in [9.17, 15) is 13.2 Å². The van der Waals surface area contributed by atoms with Crippen LogP contribution in [0.2, 0.25) is 0 Å². The first-order chi connectivity index (χ1) is 11.2. The lowest BCUT2D eigenvalue weighted by Gasteiger charge is -2.29. The molecule has 0 aliphatic carbocycles. The number of halogens is 1. The molecule has 0 radical (unpaired) electrons. The molecule has 6 nitrogen and oxygen atoms in total. The number of hydrogen-bond donors (Lipinski definition) is 1. The van der Waals surface area contributed by atoms with Crippen LogP contribution in [-0.4, -0.2) is 51.7 Å². The zero-order valence-corrected chi connectivity index (χ0v) is 16.3. The molecule has 1 aromatic carbocycles. The molecule has 0 saturated carbocycles. The van der Waals surface area contributed by atoms with Crippen molar-refractivity contribution in [2.45, 2.75) is 26.2 Å². The zero-order chi connectivity index (χ0) is 17.5. The van der Waals surface area contributed by atoms with E-state index >= 15 is 0 Å². The van der Waals surface area contributed by atoms with Crippen LogP contribution >= 0.6 is 12.4 Å². The molecular formula is C17H26ClN3O3S. The summed E-state index contributed by atoms with van der Waals surface area (Å²) < 4.78 is 25.3. The van der Waals surface area contributed by atoms with Crippen LogP contribution in [0.15, 0.2) is 18.2 Å². The van der Waals surface area contributed by atoms with Crippen LogP contribution in [-0.2, 0) is 16.4 Å². The Morgan fingerprint density at radius 3 is 2.64 bits per heavy atom. The van der Waals surface area contributed by atoms with E-state index in [2.05, 4.69) is 6.92 Å². The highest BCUT2D eigenvalue weighted by Gasteiger charge is 2.35. The molecule has 0 aromatic heterocycles. The minimum absolute atomic E-state index is 0. The minimum Gasteiger partial charge on any atom is -0.338 e. The third-order valence-corrected chi connectivity index (χ3v) is 6.32. The summed E-state index contributed by atoms with van der Waals surface area (Å²) in [5.41, 5.74) is 8.07. The van der Waals surface area contributed by atoms with Crippen molar-refractivity contribution in [3.8, 4) is 0 Å². The van der Waals surface area contributed by atoms with Crippen molar-refractivity contribution in [3.05, 3.63) is 29.3 Å². The molecule has 1 amide bonds. The van der Waals surface area contributed by atoms with Crippen molar-refractivity contribution in [2.75, 3.05) is 36.7 Å². The van der Waals surface area contributed by atoms with Crippen molar-refractivity contribution in [2.24, 2.45) is 11.1 Å². The third kappa shape index (κ3) is 3.93. The fraction of sp³-hybridized carbons (Fsp3) is 0.588. The number of sulfonamides is 1. The second-order valence-corrected chi connectivity index (χ2v) is 9.18. The van der Waals surface area contributed by atoms with Gasteiger partial charge in [-0.3, -0.25) is 9.10 Å². The Kier molecular flexibility index (Phi) is 5.71. The average molecular weight is 388 g/mol. The van der Waals surface area contributed by atoms with Gasteiger partial charge in [0.2, 0.25) is 10.0 Å². The number of benzene rings is 1. The quantitative estimate of drug-likeness (QED) is 0.854. The Bertz CT molecular complexity index is 768. The van der Waals surface area contributed by atoms with Crippen LogP contribution in [0, 0.1) is 5.41 Å². The molecule has 3 rings (SSSR count). The van der Waals surface area contributed by atoms with E-state index in [4.69, 9.17) is 5.73 Å². The average Bonchev–Trinajstić information content (AvgIpc) is 2.95. The monoisotopic (exact) mass is 387 g/mol. The van der Waals surface area contributed by atoms with Gasteiger partial charge >= 0.3 is 0 Å². The van der Waals surface area contributed by atoms with E-state index in [-0.39, 0.29) is 23.7 Å². The molecule has 8 heteroatoms.